The minimum atomic E-state index is -0.621. The fourth-order valence-corrected chi connectivity index (χ4v) is 2.94. The summed E-state index contributed by atoms with van der Waals surface area (Å²) in [4.78, 5) is 23.8. The van der Waals surface area contributed by atoms with Crippen molar-refractivity contribution < 1.29 is 19.6 Å². The normalized spacial score (nSPS) is 16.5. The van der Waals surface area contributed by atoms with Gasteiger partial charge in [0.2, 0.25) is 0 Å². The summed E-state index contributed by atoms with van der Waals surface area (Å²) in [6.45, 7) is 1.87. The molecular weight excluding hydrogens is 328 g/mol. The Balaban J connectivity index is 2.53. The minimum Gasteiger partial charge on any atom is -0.870 e. The number of thiocarbonyl (C=S) groups is 1. The monoisotopic (exact) mass is 339 g/mol. The fraction of sp³-hybridized carbons (Fsp3) is 0.231. The van der Waals surface area contributed by atoms with E-state index in [1.807, 2.05) is 0 Å². The number of benzene rings is 1. The molecule has 116 valence electrons. The van der Waals surface area contributed by atoms with Gasteiger partial charge in [-0.15, -0.1) is 0 Å². The van der Waals surface area contributed by atoms with Crippen molar-refractivity contribution in [3.63, 3.8) is 0 Å². The molecule has 1 aromatic rings. The van der Waals surface area contributed by atoms with Gasteiger partial charge in [0.1, 0.15) is 10.1 Å². The van der Waals surface area contributed by atoms with Crippen molar-refractivity contribution in [1.29, 1.82) is 0 Å². The van der Waals surface area contributed by atoms with Crippen LogP contribution in [0.25, 0.3) is 6.08 Å². The first-order valence-electron chi connectivity index (χ1n) is 6.19. The number of ether oxygens (including phenoxy) is 1. The molecule has 0 saturated carbocycles. The Hall–Kier alpha value is -2.13. The maximum absolute atomic E-state index is 12.2. The number of carbonyl (C=O) groups is 1. The topological polar surface area (TPSA) is 95.7 Å². The number of nitro benzene ring substituents is 1. The zero-order chi connectivity index (χ0) is 16.4. The second kappa shape index (κ2) is 6.32. The quantitative estimate of drug-likeness (QED) is 0.358. The highest BCUT2D eigenvalue weighted by molar-refractivity contribution is 8.26. The Morgan fingerprint density at radius 3 is 2.68 bits per heavy atom. The van der Waals surface area contributed by atoms with Crippen molar-refractivity contribution in [2.45, 2.75) is 6.92 Å². The Labute approximate surface area is 135 Å². The lowest BCUT2D eigenvalue weighted by Crippen LogP contribution is -2.22. The van der Waals surface area contributed by atoms with Gasteiger partial charge in [-0.25, -0.2) is 0 Å². The Kier molecular flexibility index (Phi) is 4.67. The highest BCUT2D eigenvalue weighted by atomic mass is 32.2. The highest BCUT2D eigenvalue weighted by Crippen LogP contribution is 2.37. The minimum absolute atomic E-state index is 0.0200. The molecule has 0 unspecified atom stereocenters. The van der Waals surface area contributed by atoms with Crippen LogP contribution >= 0.6 is 24.0 Å². The SMILES string of the molecule is CCOc1cc([N+](=O)[O-])cc(/C=C2/SC(=S)N(C)C2=O)c1[O-]. The summed E-state index contributed by atoms with van der Waals surface area (Å²) in [5.41, 5.74) is -0.257. The number of likely N-dealkylation sites (N-methyl/N-ethyl adjacent to an activating group) is 1. The number of thioether (sulfide) groups is 1. The van der Waals surface area contributed by atoms with Gasteiger partial charge in [-0.05, 0) is 18.6 Å². The van der Waals surface area contributed by atoms with Crippen LogP contribution in [-0.4, -0.2) is 33.7 Å². The molecule has 1 saturated heterocycles. The van der Waals surface area contributed by atoms with E-state index < -0.39 is 10.7 Å². The first-order valence-corrected chi connectivity index (χ1v) is 7.41. The van der Waals surface area contributed by atoms with Crippen molar-refractivity contribution in [1.82, 2.24) is 4.90 Å². The highest BCUT2D eigenvalue weighted by Gasteiger charge is 2.29. The summed E-state index contributed by atoms with van der Waals surface area (Å²) in [5.74, 6) is -0.970. The second-order valence-electron chi connectivity index (χ2n) is 4.29. The van der Waals surface area contributed by atoms with Crippen LogP contribution in [0.3, 0.4) is 0 Å². The number of nitro groups is 1. The fourth-order valence-electron chi connectivity index (χ4n) is 1.77. The molecule has 1 aliphatic rings. The van der Waals surface area contributed by atoms with E-state index in [2.05, 4.69) is 0 Å². The molecule has 2 rings (SSSR count). The summed E-state index contributed by atoms with van der Waals surface area (Å²) in [7, 11) is 1.52. The van der Waals surface area contributed by atoms with Gasteiger partial charge in [0.15, 0.2) is 0 Å². The standard InChI is InChI=1S/C13H12N2O5S2/c1-3-20-9-6-8(15(18)19)4-7(11(9)16)5-10-12(17)14(2)13(21)22-10/h4-6,16H,3H2,1-2H3/p-1/b10-5+. The lowest BCUT2D eigenvalue weighted by Gasteiger charge is -2.16. The number of rotatable bonds is 4. The Bertz CT molecular complexity index is 702. The van der Waals surface area contributed by atoms with E-state index in [0.29, 0.717) is 4.32 Å². The molecular formula is C13H11N2O5S2-. The number of nitrogens with zero attached hydrogens (tertiary/aromatic N) is 2. The molecule has 0 N–H and O–H groups in total. The molecule has 0 atom stereocenters. The molecule has 0 radical (unpaired) electrons. The molecule has 22 heavy (non-hydrogen) atoms. The average molecular weight is 339 g/mol. The Morgan fingerprint density at radius 2 is 2.18 bits per heavy atom. The third-order valence-corrected chi connectivity index (χ3v) is 4.34. The van der Waals surface area contributed by atoms with Crippen molar-refractivity contribution >= 4 is 46.0 Å². The third-order valence-electron chi connectivity index (χ3n) is 2.85. The molecule has 1 heterocycles. The van der Waals surface area contributed by atoms with E-state index in [4.69, 9.17) is 17.0 Å². The van der Waals surface area contributed by atoms with E-state index in [0.717, 1.165) is 23.9 Å². The van der Waals surface area contributed by atoms with E-state index in [1.165, 1.54) is 18.0 Å². The smallest absolute Gasteiger partial charge is 0.273 e. The van der Waals surface area contributed by atoms with Crippen LogP contribution in [0.1, 0.15) is 12.5 Å². The molecule has 0 aliphatic carbocycles. The van der Waals surface area contributed by atoms with Gasteiger partial charge in [-0.1, -0.05) is 29.7 Å². The summed E-state index contributed by atoms with van der Waals surface area (Å²) in [6.07, 6.45) is 1.31. The summed E-state index contributed by atoms with van der Waals surface area (Å²) in [5, 5.41) is 23.2. The van der Waals surface area contributed by atoms with Crippen molar-refractivity contribution in [2.75, 3.05) is 13.7 Å². The summed E-state index contributed by atoms with van der Waals surface area (Å²) in [6, 6.07) is 2.20. The third kappa shape index (κ3) is 3.04. The lowest BCUT2D eigenvalue weighted by molar-refractivity contribution is -0.385. The predicted molar refractivity (Wildman–Crippen MR) is 84.6 cm³/mol. The molecule has 1 fully saturated rings. The summed E-state index contributed by atoms with van der Waals surface area (Å²) >= 11 is 6.03. The van der Waals surface area contributed by atoms with Gasteiger partial charge in [0, 0.05) is 13.1 Å². The van der Waals surface area contributed by atoms with Crippen LogP contribution in [0.15, 0.2) is 17.0 Å². The summed E-state index contributed by atoms with van der Waals surface area (Å²) < 4.78 is 5.49. The van der Waals surface area contributed by atoms with Crippen molar-refractivity contribution in [2.24, 2.45) is 0 Å². The number of non-ortho nitro benzene ring substituents is 1. The zero-order valence-electron chi connectivity index (χ0n) is 11.7. The van der Waals surface area contributed by atoms with Crippen LogP contribution < -0.4 is 9.84 Å². The maximum Gasteiger partial charge on any atom is 0.273 e. The van der Waals surface area contributed by atoms with E-state index >= 15 is 0 Å². The van der Waals surface area contributed by atoms with Crippen molar-refractivity contribution in [3.8, 4) is 11.5 Å². The molecule has 0 bridgehead atoms. The van der Waals surface area contributed by atoms with Gasteiger partial charge in [0.25, 0.3) is 11.6 Å². The largest absolute Gasteiger partial charge is 0.870 e. The van der Waals surface area contributed by atoms with Crippen LogP contribution in [-0.2, 0) is 4.79 Å². The lowest BCUT2D eigenvalue weighted by atomic mass is 10.1. The molecule has 1 aromatic carbocycles. The molecule has 7 nitrogen and oxygen atoms in total. The van der Waals surface area contributed by atoms with Gasteiger partial charge in [0.05, 0.1) is 22.5 Å². The average Bonchev–Trinajstić information content (AvgIpc) is 2.70. The maximum atomic E-state index is 12.2. The van der Waals surface area contributed by atoms with E-state index in [-0.39, 0.29) is 34.4 Å². The number of hydrogen-bond acceptors (Lipinski definition) is 7. The van der Waals surface area contributed by atoms with E-state index in [1.54, 1.807) is 6.92 Å². The molecule has 1 aliphatic heterocycles. The van der Waals surface area contributed by atoms with Gasteiger partial charge in [-0.3, -0.25) is 19.8 Å². The van der Waals surface area contributed by atoms with Crippen LogP contribution in [0.4, 0.5) is 5.69 Å². The molecule has 0 spiro atoms. The van der Waals surface area contributed by atoms with Crippen molar-refractivity contribution in [3.05, 3.63) is 32.7 Å². The second-order valence-corrected chi connectivity index (χ2v) is 5.97. The molecule has 9 heteroatoms. The van der Waals surface area contributed by atoms with Gasteiger partial charge < -0.3 is 9.84 Å². The first-order chi connectivity index (χ1) is 10.3. The van der Waals surface area contributed by atoms with Gasteiger partial charge >= 0.3 is 0 Å². The zero-order valence-corrected chi connectivity index (χ0v) is 13.3. The van der Waals surface area contributed by atoms with Gasteiger partial charge in [-0.2, -0.15) is 0 Å². The number of carbonyl (C=O) groups excluding carboxylic acids is 1. The van der Waals surface area contributed by atoms with E-state index in [9.17, 15) is 20.0 Å². The first kappa shape index (κ1) is 16.2. The van der Waals surface area contributed by atoms with Crippen LogP contribution in [0, 0.1) is 10.1 Å². The number of amides is 1. The van der Waals surface area contributed by atoms with Crippen LogP contribution in [0.2, 0.25) is 0 Å². The molecule has 1 amide bonds. The predicted octanol–water partition coefficient (Wildman–Crippen LogP) is 1.90. The van der Waals surface area contributed by atoms with Crippen LogP contribution in [0.5, 0.6) is 11.5 Å². The Morgan fingerprint density at radius 1 is 1.50 bits per heavy atom. The molecule has 0 aromatic heterocycles. The number of hydrogen-bond donors (Lipinski definition) is 0.